The largest absolute Gasteiger partial charge is 0.477 e. The Morgan fingerprint density at radius 2 is 2.12 bits per heavy atom. The third-order valence-corrected chi connectivity index (χ3v) is 1.99. The van der Waals surface area contributed by atoms with Gasteiger partial charge in [-0.15, -0.1) is 5.10 Å². The number of nitrogens with zero attached hydrogens (tertiary/aromatic N) is 4. The Kier molecular flexibility index (Phi) is 2.26. The van der Waals surface area contributed by atoms with Crippen LogP contribution in [0.15, 0.2) is 6.07 Å². The number of aromatic carboxylic acids is 1. The van der Waals surface area contributed by atoms with Crippen LogP contribution in [-0.4, -0.2) is 30.9 Å². The van der Waals surface area contributed by atoms with Crippen molar-refractivity contribution in [1.29, 1.82) is 0 Å². The molecule has 0 atom stereocenters. The first-order valence-electron chi connectivity index (χ1n) is 4.34. The van der Waals surface area contributed by atoms with Crippen molar-refractivity contribution in [1.82, 2.24) is 19.8 Å². The average molecular weight is 246 g/mol. The molecule has 9 heteroatoms. The molecule has 90 valence electrons. The van der Waals surface area contributed by atoms with Gasteiger partial charge in [0.1, 0.15) is 0 Å². The fraction of sp³-hybridized carbons (Fsp3) is 0.250. The number of alkyl halides is 3. The summed E-state index contributed by atoms with van der Waals surface area (Å²) in [6.45, 7) is 1.39. The maximum Gasteiger partial charge on any atom is 0.439 e. The summed E-state index contributed by atoms with van der Waals surface area (Å²) in [6.07, 6.45) is -4.72. The van der Waals surface area contributed by atoms with Gasteiger partial charge in [0.25, 0.3) is 0 Å². The molecule has 0 spiro atoms. The quantitative estimate of drug-likeness (QED) is 0.816. The number of hydrogen-bond donors (Lipinski definition) is 1. The van der Waals surface area contributed by atoms with E-state index in [0.717, 1.165) is 6.07 Å². The van der Waals surface area contributed by atoms with Crippen molar-refractivity contribution in [2.24, 2.45) is 0 Å². The summed E-state index contributed by atoms with van der Waals surface area (Å²) in [5.74, 6) is -1.40. The van der Waals surface area contributed by atoms with E-state index in [1.165, 1.54) is 6.92 Å². The molecule has 0 aliphatic carbocycles. The van der Waals surface area contributed by atoms with Crippen LogP contribution in [0.5, 0.6) is 0 Å². The topological polar surface area (TPSA) is 80.4 Å². The first-order valence-corrected chi connectivity index (χ1v) is 4.34. The molecule has 17 heavy (non-hydrogen) atoms. The lowest BCUT2D eigenvalue weighted by molar-refractivity contribution is -0.140. The number of fused-ring (bicyclic) bond motifs is 1. The number of aryl methyl sites for hydroxylation is 1. The molecule has 0 aliphatic rings. The van der Waals surface area contributed by atoms with Gasteiger partial charge in [-0.05, 0) is 13.0 Å². The number of hydrogen-bond acceptors (Lipinski definition) is 4. The van der Waals surface area contributed by atoms with Crippen LogP contribution in [0, 0.1) is 6.92 Å². The van der Waals surface area contributed by atoms with E-state index in [4.69, 9.17) is 5.11 Å². The van der Waals surface area contributed by atoms with Crippen molar-refractivity contribution >= 4 is 11.6 Å². The monoisotopic (exact) mass is 246 g/mol. The van der Waals surface area contributed by atoms with Gasteiger partial charge in [0.2, 0.25) is 5.69 Å². The number of rotatable bonds is 1. The van der Waals surface area contributed by atoms with E-state index in [-0.39, 0.29) is 5.69 Å². The standard InChI is InChI=1S/C8H5F3N4O2/c1-3-2-4(7(16)17)15-6(12-3)5(13-14-15)8(9,10)11/h2H,1H3,(H,16,17). The van der Waals surface area contributed by atoms with E-state index in [2.05, 4.69) is 15.3 Å². The molecule has 0 fully saturated rings. The molecule has 2 rings (SSSR count). The highest BCUT2D eigenvalue weighted by molar-refractivity contribution is 5.86. The Hall–Kier alpha value is -2.19. The molecule has 6 nitrogen and oxygen atoms in total. The van der Waals surface area contributed by atoms with Gasteiger partial charge < -0.3 is 5.11 Å². The van der Waals surface area contributed by atoms with Gasteiger partial charge in [-0.2, -0.15) is 17.7 Å². The van der Waals surface area contributed by atoms with Crippen LogP contribution < -0.4 is 0 Å². The third-order valence-electron chi connectivity index (χ3n) is 1.99. The Morgan fingerprint density at radius 3 is 2.65 bits per heavy atom. The number of carboxylic acids is 1. The lowest BCUT2D eigenvalue weighted by Crippen LogP contribution is -2.10. The second-order valence-electron chi connectivity index (χ2n) is 3.26. The summed E-state index contributed by atoms with van der Waals surface area (Å²) in [5, 5.41) is 14.9. The van der Waals surface area contributed by atoms with Crippen molar-refractivity contribution in [3.05, 3.63) is 23.1 Å². The Labute approximate surface area is 91.7 Å². The second kappa shape index (κ2) is 3.40. The van der Waals surface area contributed by atoms with Crippen molar-refractivity contribution in [3.8, 4) is 0 Å². The summed E-state index contributed by atoms with van der Waals surface area (Å²) in [5.41, 5.74) is -2.20. The fourth-order valence-corrected chi connectivity index (χ4v) is 1.33. The molecule has 1 N–H and O–H groups in total. The van der Waals surface area contributed by atoms with E-state index < -0.39 is 29.2 Å². The maximum absolute atomic E-state index is 12.5. The van der Waals surface area contributed by atoms with Crippen molar-refractivity contribution < 1.29 is 23.1 Å². The lowest BCUT2D eigenvalue weighted by Gasteiger charge is -2.03. The number of carboxylic acid groups (broad SMARTS) is 1. The van der Waals surface area contributed by atoms with Crippen molar-refractivity contribution in [2.75, 3.05) is 0 Å². The van der Waals surface area contributed by atoms with Gasteiger partial charge in [-0.25, -0.2) is 9.78 Å². The van der Waals surface area contributed by atoms with Crippen molar-refractivity contribution in [2.45, 2.75) is 13.1 Å². The highest BCUT2D eigenvalue weighted by atomic mass is 19.4. The normalized spacial score (nSPS) is 12.0. The smallest absolute Gasteiger partial charge is 0.439 e. The molecule has 0 saturated carbocycles. The average Bonchev–Trinajstić information content (AvgIpc) is 2.58. The lowest BCUT2D eigenvalue weighted by atomic mass is 10.3. The summed E-state index contributed by atoms with van der Waals surface area (Å²) in [4.78, 5) is 14.4. The van der Waals surface area contributed by atoms with Gasteiger partial charge in [0.15, 0.2) is 11.3 Å². The molecule has 2 heterocycles. The minimum absolute atomic E-state index is 0.141. The number of carbonyl (C=O) groups is 1. The zero-order chi connectivity index (χ0) is 12.8. The highest BCUT2D eigenvalue weighted by Crippen LogP contribution is 2.30. The first-order chi connectivity index (χ1) is 7.80. The molecule has 0 saturated heterocycles. The molecule has 0 amide bonds. The minimum atomic E-state index is -4.72. The van der Waals surface area contributed by atoms with Crippen LogP contribution >= 0.6 is 0 Å². The van der Waals surface area contributed by atoms with E-state index in [1.54, 1.807) is 0 Å². The molecule has 2 aromatic heterocycles. The van der Waals surface area contributed by atoms with Gasteiger partial charge >= 0.3 is 12.1 Å². The van der Waals surface area contributed by atoms with Crippen LogP contribution in [-0.2, 0) is 6.18 Å². The van der Waals surface area contributed by atoms with Gasteiger partial charge in [-0.1, -0.05) is 5.21 Å². The predicted molar refractivity (Wildman–Crippen MR) is 47.5 cm³/mol. The SMILES string of the molecule is Cc1cc(C(=O)O)n2nnc(C(F)(F)F)c2n1. The molecule has 0 aliphatic heterocycles. The summed E-state index contributed by atoms with van der Waals surface area (Å²) in [6, 6.07) is 1.12. The molecule has 0 bridgehead atoms. The van der Waals surface area contributed by atoms with Crippen LogP contribution in [0.2, 0.25) is 0 Å². The third kappa shape index (κ3) is 1.79. The van der Waals surface area contributed by atoms with E-state index in [9.17, 15) is 18.0 Å². The number of halogens is 3. The van der Waals surface area contributed by atoms with Crippen LogP contribution in [0.25, 0.3) is 5.65 Å². The van der Waals surface area contributed by atoms with E-state index in [1.807, 2.05) is 0 Å². The fourth-order valence-electron chi connectivity index (χ4n) is 1.33. The molecule has 0 aromatic carbocycles. The zero-order valence-corrected chi connectivity index (χ0v) is 8.36. The second-order valence-corrected chi connectivity index (χ2v) is 3.26. The van der Waals surface area contributed by atoms with Crippen molar-refractivity contribution in [3.63, 3.8) is 0 Å². The van der Waals surface area contributed by atoms with E-state index in [0.29, 0.717) is 4.52 Å². The molecular weight excluding hydrogens is 241 g/mol. The summed E-state index contributed by atoms with van der Waals surface area (Å²) in [7, 11) is 0. The Morgan fingerprint density at radius 1 is 1.47 bits per heavy atom. The summed E-state index contributed by atoms with van der Waals surface area (Å²) < 4.78 is 38.1. The molecule has 0 unspecified atom stereocenters. The van der Waals surface area contributed by atoms with Gasteiger partial charge in [-0.3, -0.25) is 0 Å². The Bertz CT molecular complexity index is 605. The maximum atomic E-state index is 12.5. The van der Waals surface area contributed by atoms with Crippen LogP contribution in [0.3, 0.4) is 0 Å². The zero-order valence-electron chi connectivity index (χ0n) is 8.36. The highest BCUT2D eigenvalue weighted by Gasteiger charge is 2.38. The van der Waals surface area contributed by atoms with E-state index >= 15 is 0 Å². The molecular formula is C8H5F3N4O2. The number of aromatic nitrogens is 4. The Balaban J connectivity index is 2.83. The first kappa shape index (κ1) is 11.3. The van der Waals surface area contributed by atoms with Crippen LogP contribution in [0.4, 0.5) is 13.2 Å². The predicted octanol–water partition coefficient (Wildman–Crippen LogP) is 1.15. The summed E-state index contributed by atoms with van der Waals surface area (Å²) >= 11 is 0. The minimum Gasteiger partial charge on any atom is -0.477 e. The van der Waals surface area contributed by atoms with Gasteiger partial charge in [0, 0.05) is 5.69 Å². The molecule has 0 radical (unpaired) electrons. The molecule has 2 aromatic rings. The van der Waals surface area contributed by atoms with Crippen LogP contribution in [0.1, 0.15) is 21.9 Å². The van der Waals surface area contributed by atoms with Gasteiger partial charge in [0.05, 0.1) is 0 Å².